The van der Waals surface area contributed by atoms with Gasteiger partial charge < -0.3 is 10.2 Å². The molecule has 4 nitrogen and oxygen atoms in total. The van der Waals surface area contributed by atoms with E-state index in [1.165, 1.54) is 45.1 Å². The summed E-state index contributed by atoms with van der Waals surface area (Å²) in [5.41, 5.74) is 0. The molecule has 0 aromatic heterocycles. The van der Waals surface area contributed by atoms with Gasteiger partial charge in [-0.05, 0) is 72.3 Å². The van der Waals surface area contributed by atoms with Crippen LogP contribution in [-0.4, -0.2) is 62.0 Å². The standard InChI is InChI=1S/C18H37N3O/c1-5-6-7-8-16(2)19-18(22)15-21-13-10-17(11-14-21)9-12-20(3)4/h16-17H,5-15H2,1-4H3,(H,19,22). The second kappa shape index (κ2) is 11.0. The van der Waals surface area contributed by atoms with Gasteiger partial charge >= 0.3 is 0 Å². The minimum absolute atomic E-state index is 0.204. The van der Waals surface area contributed by atoms with Gasteiger partial charge in [0, 0.05) is 6.04 Å². The third kappa shape index (κ3) is 8.74. The van der Waals surface area contributed by atoms with Crippen LogP contribution in [-0.2, 0) is 4.79 Å². The van der Waals surface area contributed by atoms with Crippen molar-refractivity contribution in [1.82, 2.24) is 15.1 Å². The van der Waals surface area contributed by atoms with E-state index in [-0.39, 0.29) is 5.91 Å². The molecule has 1 heterocycles. The lowest BCUT2D eigenvalue weighted by atomic mass is 9.93. The molecule has 1 N–H and O–H groups in total. The molecule has 1 rings (SSSR count). The van der Waals surface area contributed by atoms with Crippen LogP contribution in [0.5, 0.6) is 0 Å². The predicted octanol–water partition coefficient (Wildman–Crippen LogP) is 2.74. The van der Waals surface area contributed by atoms with E-state index < -0.39 is 0 Å². The molecule has 1 atom stereocenters. The highest BCUT2D eigenvalue weighted by Crippen LogP contribution is 2.20. The number of nitrogens with zero attached hydrogens (tertiary/aromatic N) is 2. The molecule has 0 radical (unpaired) electrons. The van der Waals surface area contributed by atoms with Crippen LogP contribution in [0.2, 0.25) is 0 Å². The third-order valence-electron chi connectivity index (χ3n) is 4.71. The number of piperidine rings is 1. The molecular weight excluding hydrogens is 274 g/mol. The summed E-state index contributed by atoms with van der Waals surface area (Å²) in [7, 11) is 4.28. The Kier molecular flexibility index (Phi) is 9.73. The summed E-state index contributed by atoms with van der Waals surface area (Å²) in [6.45, 7) is 8.26. The van der Waals surface area contributed by atoms with Crippen molar-refractivity contribution in [3.05, 3.63) is 0 Å². The van der Waals surface area contributed by atoms with Gasteiger partial charge in [-0.2, -0.15) is 0 Å². The highest BCUT2D eigenvalue weighted by atomic mass is 16.2. The fourth-order valence-electron chi connectivity index (χ4n) is 3.17. The largest absolute Gasteiger partial charge is 0.353 e. The smallest absolute Gasteiger partial charge is 0.234 e. The Morgan fingerprint density at radius 2 is 1.95 bits per heavy atom. The van der Waals surface area contributed by atoms with Crippen molar-refractivity contribution in [1.29, 1.82) is 0 Å². The molecule has 1 amide bonds. The molecule has 1 aliphatic rings. The molecule has 0 spiro atoms. The van der Waals surface area contributed by atoms with Crippen LogP contribution in [0.25, 0.3) is 0 Å². The van der Waals surface area contributed by atoms with Crippen LogP contribution in [0, 0.1) is 5.92 Å². The lowest BCUT2D eigenvalue weighted by molar-refractivity contribution is -0.123. The maximum Gasteiger partial charge on any atom is 0.234 e. The zero-order valence-corrected chi connectivity index (χ0v) is 15.2. The van der Waals surface area contributed by atoms with Gasteiger partial charge in [0.2, 0.25) is 5.91 Å². The summed E-state index contributed by atoms with van der Waals surface area (Å²) in [5, 5.41) is 3.15. The fourth-order valence-corrected chi connectivity index (χ4v) is 3.17. The van der Waals surface area contributed by atoms with Gasteiger partial charge in [-0.25, -0.2) is 0 Å². The van der Waals surface area contributed by atoms with Gasteiger partial charge in [-0.3, -0.25) is 9.69 Å². The van der Waals surface area contributed by atoms with Crippen molar-refractivity contribution in [3.63, 3.8) is 0 Å². The summed E-state index contributed by atoms with van der Waals surface area (Å²) in [4.78, 5) is 16.7. The second-order valence-corrected chi connectivity index (χ2v) is 7.28. The van der Waals surface area contributed by atoms with E-state index in [1.807, 2.05) is 0 Å². The van der Waals surface area contributed by atoms with Crippen LogP contribution in [0.4, 0.5) is 0 Å². The van der Waals surface area contributed by atoms with E-state index in [2.05, 4.69) is 43.1 Å². The molecule has 1 aliphatic heterocycles. The first-order valence-corrected chi connectivity index (χ1v) is 9.17. The Bertz CT molecular complexity index is 299. The van der Waals surface area contributed by atoms with E-state index in [9.17, 15) is 4.79 Å². The Labute approximate surface area is 137 Å². The normalized spacial score (nSPS) is 18.6. The van der Waals surface area contributed by atoms with Crippen molar-refractivity contribution >= 4 is 5.91 Å². The zero-order chi connectivity index (χ0) is 16.4. The van der Waals surface area contributed by atoms with Gasteiger partial charge in [0.05, 0.1) is 6.54 Å². The monoisotopic (exact) mass is 311 g/mol. The number of likely N-dealkylation sites (tertiary alicyclic amines) is 1. The second-order valence-electron chi connectivity index (χ2n) is 7.28. The molecule has 0 aliphatic carbocycles. The van der Waals surface area contributed by atoms with Crippen molar-refractivity contribution in [2.24, 2.45) is 5.92 Å². The maximum atomic E-state index is 12.1. The Morgan fingerprint density at radius 1 is 1.27 bits per heavy atom. The van der Waals surface area contributed by atoms with Gasteiger partial charge in [-0.1, -0.05) is 26.2 Å². The third-order valence-corrected chi connectivity index (χ3v) is 4.71. The van der Waals surface area contributed by atoms with Crippen LogP contribution in [0.3, 0.4) is 0 Å². The van der Waals surface area contributed by atoms with Gasteiger partial charge in [-0.15, -0.1) is 0 Å². The number of unbranched alkanes of at least 4 members (excludes halogenated alkanes) is 2. The average molecular weight is 312 g/mol. The lowest BCUT2D eigenvalue weighted by Gasteiger charge is -2.32. The molecule has 4 heteroatoms. The fraction of sp³-hybridized carbons (Fsp3) is 0.944. The number of hydrogen-bond donors (Lipinski definition) is 1. The molecular formula is C18H37N3O. The summed E-state index contributed by atoms with van der Waals surface area (Å²) in [5.74, 6) is 1.05. The van der Waals surface area contributed by atoms with Gasteiger partial charge in [0.1, 0.15) is 0 Å². The van der Waals surface area contributed by atoms with Crippen molar-refractivity contribution in [3.8, 4) is 0 Å². The van der Waals surface area contributed by atoms with Crippen LogP contribution < -0.4 is 5.32 Å². The quantitative estimate of drug-likeness (QED) is 0.630. The molecule has 0 aromatic carbocycles. The molecule has 0 saturated carbocycles. The summed E-state index contributed by atoms with van der Waals surface area (Å²) in [6, 6.07) is 0.316. The first kappa shape index (κ1) is 19.4. The number of nitrogens with one attached hydrogen (secondary N) is 1. The van der Waals surface area contributed by atoms with Crippen LogP contribution >= 0.6 is 0 Å². The van der Waals surface area contributed by atoms with Crippen molar-refractivity contribution in [2.75, 3.05) is 40.3 Å². The average Bonchev–Trinajstić information content (AvgIpc) is 2.46. The van der Waals surface area contributed by atoms with Gasteiger partial charge in [0.15, 0.2) is 0 Å². The van der Waals surface area contributed by atoms with E-state index in [0.29, 0.717) is 12.6 Å². The molecule has 1 fully saturated rings. The first-order valence-electron chi connectivity index (χ1n) is 9.17. The highest BCUT2D eigenvalue weighted by molar-refractivity contribution is 5.78. The molecule has 1 saturated heterocycles. The van der Waals surface area contributed by atoms with Crippen LogP contribution in [0.1, 0.15) is 58.8 Å². The molecule has 22 heavy (non-hydrogen) atoms. The summed E-state index contributed by atoms with van der Waals surface area (Å²) >= 11 is 0. The maximum absolute atomic E-state index is 12.1. The van der Waals surface area contributed by atoms with E-state index in [4.69, 9.17) is 0 Å². The zero-order valence-electron chi connectivity index (χ0n) is 15.2. The number of amides is 1. The minimum Gasteiger partial charge on any atom is -0.353 e. The molecule has 0 bridgehead atoms. The lowest BCUT2D eigenvalue weighted by Crippen LogP contribution is -2.44. The Hall–Kier alpha value is -0.610. The molecule has 0 aromatic rings. The van der Waals surface area contributed by atoms with Crippen LogP contribution in [0.15, 0.2) is 0 Å². The van der Waals surface area contributed by atoms with Crippen molar-refractivity contribution in [2.45, 2.75) is 64.8 Å². The van der Waals surface area contributed by atoms with E-state index in [1.54, 1.807) is 0 Å². The summed E-state index contributed by atoms with van der Waals surface area (Å²) < 4.78 is 0. The van der Waals surface area contributed by atoms with Crippen molar-refractivity contribution < 1.29 is 4.79 Å². The highest BCUT2D eigenvalue weighted by Gasteiger charge is 2.21. The number of rotatable bonds is 10. The molecule has 130 valence electrons. The predicted molar refractivity (Wildman–Crippen MR) is 94.1 cm³/mol. The Morgan fingerprint density at radius 3 is 2.55 bits per heavy atom. The Balaban J connectivity index is 2.13. The SMILES string of the molecule is CCCCCC(C)NC(=O)CN1CCC(CCN(C)C)CC1. The van der Waals surface area contributed by atoms with Gasteiger partial charge in [0.25, 0.3) is 0 Å². The van der Waals surface area contributed by atoms with E-state index >= 15 is 0 Å². The first-order chi connectivity index (χ1) is 10.5. The topological polar surface area (TPSA) is 35.6 Å². The number of carbonyl (C=O) groups is 1. The molecule has 1 unspecified atom stereocenters. The van der Waals surface area contributed by atoms with E-state index in [0.717, 1.165) is 25.4 Å². The minimum atomic E-state index is 0.204. The number of hydrogen-bond acceptors (Lipinski definition) is 3. The number of carbonyl (C=O) groups excluding carboxylic acids is 1. The summed E-state index contributed by atoms with van der Waals surface area (Å²) in [6.07, 6.45) is 8.60.